The summed E-state index contributed by atoms with van der Waals surface area (Å²) in [6.45, 7) is 4.81. The zero-order chi connectivity index (χ0) is 11.6. The van der Waals surface area contributed by atoms with E-state index in [1.54, 1.807) is 11.1 Å². The van der Waals surface area contributed by atoms with Crippen LogP contribution >= 0.6 is 0 Å². The summed E-state index contributed by atoms with van der Waals surface area (Å²) in [4.78, 5) is 0. The van der Waals surface area contributed by atoms with Gasteiger partial charge in [0.1, 0.15) is 0 Å². The van der Waals surface area contributed by atoms with Gasteiger partial charge >= 0.3 is 102 Å². The first-order chi connectivity index (χ1) is 7.45. The summed E-state index contributed by atoms with van der Waals surface area (Å²) in [6, 6.07) is 0. The fourth-order valence-corrected chi connectivity index (χ4v) is 9.56. The maximum absolute atomic E-state index is 2.58. The molecule has 0 aromatic carbocycles. The van der Waals surface area contributed by atoms with E-state index in [0.717, 1.165) is 0 Å². The number of rotatable bonds is 0. The van der Waals surface area contributed by atoms with E-state index in [0.29, 0.717) is 0 Å². The van der Waals surface area contributed by atoms with Crippen LogP contribution in [0.3, 0.4) is 0 Å². The molecule has 16 heavy (non-hydrogen) atoms. The normalized spacial score (nSPS) is 28.8. The Morgan fingerprint density at radius 2 is 1.38 bits per heavy atom. The fourth-order valence-electron chi connectivity index (χ4n) is 3.69. The topological polar surface area (TPSA) is 0 Å². The van der Waals surface area contributed by atoms with Crippen molar-refractivity contribution in [2.24, 2.45) is 5.41 Å². The van der Waals surface area contributed by atoms with Gasteiger partial charge in [0.2, 0.25) is 0 Å². The van der Waals surface area contributed by atoms with Crippen LogP contribution in [0.15, 0.2) is 43.2 Å². The van der Waals surface area contributed by atoms with Crippen LogP contribution in [-0.4, -0.2) is 0 Å². The molecule has 1 heterocycles. The van der Waals surface area contributed by atoms with Crippen molar-refractivity contribution in [3.63, 3.8) is 0 Å². The standard InChI is InChI=1S/C13H14.2CH3.Ti/c1-13(2,11-7-3-4-8-11)12-9-5-6-10-12;;;/h3,5,7,9H,4,6H2,1-2H3;2*1H3;. The quantitative estimate of drug-likeness (QED) is 0.545. The van der Waals surface area contributed by atoms with Crippen LogP contribution in [0.1, 0.15) is 26.7 Å². The summed E-state index contributed by atoms with van der Waals surface area (Å²) >= 11 is -1.86. The van der Waals surface area contributed by atoms with Crippen LogP contribution in [0.5, 0.6) is 0 Å². The molecule has 0 fully saturated rings. The zero-order valence-electron chi connectivity index (χ0n) is 10.7. The van der Waals surface area contributed by atoms with E-state index in [2.05, 4.69) is 48.6 Å². The second-order valence-corrected chi connectivity index (χ2v) is 13.2. The molecule has 1 heteroatoms. The molecule has 0 bridgehead atoms. The van der Waals surface area contributed by atoms with Crippen molar-refractivity contribution in [1.29, 1.82) is 0 Å². The summed E-state index contributed by atoms with van der Waals surface area (Å²) in [5.41, 5.74) is 3.58. The monoisotopic (exact) mass is 248 g/mol. The predicted octanol–water partition coefficient (Wildman–Crippen LogP) is 4.70. The van der Waals surface area contributed by atoms with Gasteiger partial charge in [0.15, 0.2) is 0 Å². The molecule has 1 aliphatic heterocycles. The average Bonchev–Trinajstić information content (AvgIpc) is 2.86. The van der Waals surface area contributed by atoms with Crippen LogP contribution in [0.2, 0.25) is 10.5 Å². The molecule has 2 aliphatic carbocycles. The molecule has 0 nitrogen and oxygen atoms in total. The van der Waals surface area contributed by atoms with Gasteiger partial charge in [0.05, 0.1) is 0 Å². The molecule has 0 atom stereocenters. The Labute approximate surface area is 102 Å². The molecular formula is C15H20Ti. The van der Waals surface area contributed by atoms with Gasteiger partial charge in [-0.1, -0.05) is 0 Å². The Hall–Kier alpha value is -0.326. The van der Waals surface area contributed by atoms with Crippen molar-refractivity contribution in [1.82, 2.24) is 0 Å². The third-order valence-electron chi connectivity index (χ3n) is 4.72. The number of hydrogen-bond donors (Lipinski definition) is 0. The van der Waals surface area contributed by atoms with Gasteiger partial charge in [-0.2, -0.15) is 0 Å². The molecule has 84 valence electrons. The van der Waals surface area contributed by atoms with Crippen molar-refractivity contribution in [2.75, 3.05) is 0 Å². The van der Waals surface area contributed by atoms with E-state index in [1.165, 1.54) is 12.8 Å². The Kier molecular flexibility index (Phi) is 2.10. The van der Waals surface area contributed by atoms with Crippen molar-refractivity contribution >= 4 is 0 Å². The van der Waals surface area contributed by atoms with Crippen LogP contribution < -0.4 is 0 Å². The molecule has 0 N–H and O–H groups in total. The van der Waals surface area contributed by atoms with Gasteiger partial charge in [0.25, 0.3) is 0 Å². The summed E-state index contributed by atoms with van der Waals surface area (Å²) in [5, 5.41) is 5.17. The minimum atomic E-state index is -1.86. The molecular weight excluding hydrogens is 228 g/mol. The Morgan fingerprint density at radius 3 is 1.81 bits per heavy atom. The van der Waals surface area contributed by atoms with Gasteiger partial charge in [-0.25, -0.2) is 0 Å². The first-order valence-electron chi connectivity index (χ1n) is 6.27. The van der Waals surface area contributed by atoms with E-state index in [-0.39, 0.29) is 5.41 Å². The fraction of sp³-hybridized carbons (Fsp3) is 0.467. The van der Waals surface area contributed by atoms with E-state index in [4.69, 9.17) is 0 Å². The third kappa shape index (κ3) is 1.15. The van der Waals surface area contributed by atoms with Gasteiger partial charge < -0.3 is 0 Å². The van der Waals surface area contributed by atoms with Gasteiger partial charge in [-0.15, -0.1) is 0 Å². The van der Waals surface area contributed by atoms with E-state index in [9.17, 15) is 0 Å². The summed E-state index contributed by atoms with van der Waals surface area (Å²) in [6.07, 6.45) is 12.0. The molecule has 0 saturated heterocycles. The molecule has 3 rings (SSSR count). The molecule has 0 aromatic heterocycles. The summed E-state index contributed by atoms with van der Waals surface area (Å²) < 4.78 is 3.68. The van der Waals surface area contributed by atoms with E-state index < -0.39 is 16.6 Å². The van der Waals surface area contributed by atoms with Crippen molar-refractivity contribution in [3.8, 4) is 0 Å². The first kappa shape index (κ1) is 10.8. The molecule has 3 aliphatic rings. The van der Waals surface area contributed by atoms with Crippen LogP contribution in [0, 0.1) is 5.41 Å². The van der Waals surface area contributed by atoms with E-state index >= 15 is 0 Å². The van der Waals surface area contributed by atoms with Gasteiger partial charge in [0, 0.05) is 0 Å². The Bertz CT molecular complexity index is 440. The van der Waals surface area contributed by atoms with Gasteiger partial charge in [-0.3, -0.25) is 0 Å². The van der Waals surface area contributed by atoms with Crippen molar-refractivity contribution < 1.29 is 16.6 Å². The zero-order valence-corrected chi connectivity index (χ0v) is 12.3. The predicted molar refractivity (Wildman–Crippen MR) is 67.1 cm³/mol. The Balaban J connectivity index is 2.26. The molecule has 0 aromatic rings. The van der Waals surface area contributed by atoms with Crippen LogP contribution in [0.4, 0.5) is 0 Å². The maximum atomic E-state index is 2.58. The molecule has 0 unspecified atom stereocenters. The first-order valence-corrected chi connectivity index (χ1v) is 11.0. The van der Waals surface area contributed by atoms with Crippen molar-refractivity contribution in [3.05, 3.63) is 43.2 Å². The summed E-state index contributed by atoms with van der Waals surface area (Å²) in [7, 11) is 0. The van der Waals surface area contributed by atoms with Gasteiger partial charge in [-0.05, 0) is 0 Å². The second kappa shape index (κ2) is 3.12. The SMILES string of the molecule is CC1(C)C2=[C](CC=C2)[Ti]([CH3])([CH3])[C]2=C1C=CC2. The molecule has 0 saturated carbocycles. The minimum absolute atomic E-state index is 0.269. The van der Waals surface area contributed by atoms with Crippen LogP contribution in [-0.2, 0) is 16.6 Å². The number of allylic oxidation sites excluding steroid dienone is 8. The Morgan fingerprint density at radius 1 is 0.938 bits per heavy atom. The molecule has 0 amide bonds. The number of hydrogen-bond acceptors (Lipinski definition) is 0. The molecule has 0 radical (unpaired) electrons. The van der Waals surface area contributed by atoms with Crippen LogP contribution in [0.25, 0.3) is 0 Å². The average molecular weight is 248 g/mol. The van der Waals surface area contributed by atoms with E-state index in [1.807, 2.05) is 7.76 Å². The third-order valence-corrected chi connectivity index (χ3v) is 10.9. The summed E-state index contributed by atoms with van der Waals surface area (Å²) in [5.74, 6) is 0. The van der Waals surface area contributed by atoms with Crippen molar-refractivity contribution in [2.45, 2.75) is 37.1 Å². The second-order valence-electron chi connectivity index (χ2n) is 6.25. The molecule has 0 spiro atoms.